The van der Waals surface area contributed by atoms with E-state index in [9.17, 15) is 9.59 Å². The first-order chi connectivity index (χ1) is 19.7. The van der Waals surface area contributed by atoms with E-state index >= 15 is 4.39 Å². The van der Waals surface area contributed by atoms with Gasteiger partial charge in [0.15, 0.2) is 17.3 Å². The second-order valence-corrected chi connectivity index (χ2v) is 10.4. The van der Waals surface area contributed by atoms with E-state index in [2.05, 4.69) is 10.6 Å². The van der Waals surface area contributed by atoms with Gasteiger partial charge in [0.2, 0.25) is 0 Å². The zero-order chi connectivity index (χ0) is 29.3. The fourth-order valence-corrected chi connectivity index (χ4v) is 5.90. The molecule has 1 aliphatic carbocycles. The number of amides is 1. The lowest BCUT2D eigenvalue weighted by atomic mass is 9.71. The number of methoxy groups -OCH3 is 3. The number of rotatable bonds is 7. The summed E-state index contributed by atoms with van der Waals surface area (Å²) in [6.07, 6.45) is 0.648. The number of benzene rings is 3. The highest BCUT2D eigenvalue weighted by atomic mass is 35.5. The number of ether oxygens (including phenoxy) is 3. The smallest absolute Gasteiger partial charge is 0.254 e. The van der Waals surface area contributed by atoms with Crippen LogP contribution in [0.15, 0.2) is 83.2 Å². The van der Waals surface area contributed by atoms with Gasteiger partial charge in [-0.2, -0.15) is 0 Å². The van der Waals surface area contributed by atoms with Gasteiger partial charge < -0.3 is 24.8 Å². The number of hydrogen-bond donors (Lipinski definition) is 2. The molecule has 3 aromatic rings. The molecule has 2 aliphatic rings. The number of nitrogens with one attached hydrogen (secondary N) is 2. The molecule has 2 N–H and O–H groups in total. The van der Waals surface area contributed by atoms with E-state index in [4.69, 9.17) is 25.8 Å². The van der Waals surface area contributed by atoms with Crippen LogP contribution >= 0.6 is 11.6 Å². The molecule has 0 bridgehead atoms. The zero-order valence-corrected chi connectivity index (χ0v) is 23.9. The monoisotopic (exact) mass is 576 g/mol. The van der Waals surface area contributed by atoms with Crippen LogP contribution in [0.2, 0.25) is 5.02 Å². The summed E-state index contributed by atoms with van der Waals surface area (Å²) in [6.45, 7) is 1.75. The highest BCUT2D eigenvalue weighted by Gasteiger charge is 2.42. The molecule has 5 rings (SSSR count). The number of anilines is 1. The second-order valence-electron chi connectivity index (χ2n) is 9.95. The summed E-state index contributed by atoms with van der Waals surface area (Å²) in [5, 5.41) is 6.33. The molecular formula is C32H30ClFN2O5. The van der Waals surface area contributed by atoms with Gasteiger partial charge in [0.1, 0.15) is 11.6 Å². The Kier molecular flexibility index (Phi) is 8.03. The third kappa shape index (κ3) is 5.39. The lowest BCUT2D eigenvalue weighted by Crippen LogP contribution is -2.37. The molecule has 1 aliphatic heterocycles. The number of carbonyl (C=O) groups is 2. The molecule has 0 saturated heterocycles. The molecule has 3 aromatic carbocycles. The summed E-state index contributed by atoms with van der Waals surface area (Å²) in [4.78, 5) is 27.7. The van der Waals surface area contributed by atoms with Crippen molar-refractivity contribution in [2.75, 3.05) is 26.6 Å². The third-order valence-electron chi connectivity index (χ3n) is 7.59. The van der Waals surface area contributed by atoms with Gasteiger partial charge in [-0.1, -0.05) is 23.7 Å². The first-order valence-corrected chi connectivity index (χ1v) is 13.5. The Hall–Kier alpha value is -4.30. The molecule has 9 heteroatoms. The lowest BCUT2D eigenvalue weighted by Gasteiger charge is -2.37. The quantitative estimate of drug-likeness (QED) is 0.334. The summed E-state index contributed by atoms with van der Waals surface area (Å²) >= 11 is 6.55. The molecule has 1 amide bonds. The number of Topliss-reactive ketones (excluding diaryl/α,β-unsaturated/α-hetero) is 1. The highest BCUT2D eigenvalue weighted by Crippen LogP contribution is 2.48. The van der Waals surface area contributed by atoms with Crippen LogP contribution in [0.5, 0.6) is 17.2 Å². The van der Waals surface area contributed by atoms with E-state index in [1.165, 1.54) is 12.1 Å². The summed E-state index contributed by atoms with van der Waals surface area (Å²) in [5.41, 5.74) is 3.26. The van der Waals surface area contributed by atoms with Gasteiger partial charge in [0, 0.05) is 45.2 Å². The van der Waals surface area contributed by atoms with E-state index in [0.717, 1.165) is 5.56 Å². The van der Waals surface area contributed by atoms with Gasteiger partial charge in [-0.15, -0.1) is 0 Å². The first kappa shape index (κ1) is 28.2. The molecule has 2 atom stereocenters. The van der Waals surface area contributed by atoms with Crippen molar-refractivity contribution in [3.63, 3.8) is 0 Å². The Morgan fingerprint density at radius 2 is 1.71 bits per heavy atom. The van der Waals surface area contributed by atoms with Gasteiger partial charge in [-0.3, -0.25) is 9.59 Å². The summed E-state index contributed by atoms with van der Waals surface area (Å²) in [7, 11) is 4.68. The fourth-order valence-electron chi connectivity index (χ4n) is 5.63. The molecular weight excluding hydrogens is 547 g/mol. The molecule has 212 valence electrons. The average molecular weight is 577 g/mol. The summed E-state index contributed by atoms with van der Waals surface area (Å²) < 4.78 is 31.5. The van der Waals surface area contributed by atoms with Gasteiger partial charge in [0.05, 0.1) is 27.2 Å². The standard InChI is InChI=1S/C32H30ClFN2O5/c1-17-28(32(38)36-20-9-11-21(39-2)12-10-20)31(29-22(33)6-5-7-23(29)34)30-24(35-17)14-19(15-25(30)37)18-8-13-26(40-3)27(16-18)41-4/h5-13,16,19,31,35H,14-15H2,1-4H3,(H,36,38)/t19-,31-/m0/s1. The first-order valence-electron chi connectivity index (χ1n) is 13.1. The predicted octanol–water partition coefficient (Wildman–Crippen LogP) is 6.51. The van der Waals surface area contributed by atoms with Gasteiger partial charge in [-0.05, 0) is 73.4 Å². The largest absolute Gasteiger partial charge is 0.497 e. The van der Waals surface area contributed by atoms with Crippen molar-refractivity contribution >= 4 is 29.0 Å². The number of carbonyl (C=O) groups excluding carboxylic acids is 2. The average Bonchev–Trinajstić information content (AvgIpc) is 2.96. The molecule has 0 fully saturated rings. The van der Waals surface area contributed by atoms with E-state index < -0.39 is 17.6 Å². The Balaban J connectivity index is 1.56. The normalized spacial score (nSPS) is 18.4. The number of ketones is 1. The van der Waals surface area contributed by atoms with E-state index in [1.807, 2.05) is 18.2 Å². The van der Waals surface area contributed by atoms with Crippen molar-refractivity contribution in [2.24, 2.45) is 0 Å². The SMILES string of the molecule is COc1ccc(NC(=O)C2=C(C)NC3=C(C(=O)C[C@@H](c4ccc(OC)c(OC)c4)C3)[C@@H]2c2c(F)cccc2Cl)cc1. The van der Waals surface area contributed by atoms with Crippen LogP contribution in [-0.2, 0) is 9.59 Å². The zero-order valence-electron chi connectivity index (χ0n) is 23.1. The van der Waals surface area contributed by atoms with Crippen molar-refractivity contribution in [3.8, 4) is 17.2 Å². The van der Waals surface area contributed by atoms with Crippen molar-refractivity contribution in [2.45, 2.75) is 31.6 Å². The number of halogens is 2. The van der Waals surface area contributed by atoms with Gasteiger partial charge in [-0.25, -0.2) is 4.39 Å². The minimum absolute atomic E-state index is 0.0975. The molecule has 0 radical (unpaired) electrons. The summed E-state index contributed by atoms with van der Waals surface area (Å²) in [5.74, 6) is -0.595. The Morgan fingerprint density at radius 3 is 2.37 bits per heavy atom. The van der Waals surface area contributed by atoms with Gasteiger partial charge >= 0.3 is 0 Å². The number of allylic oxidation sites excluding steroid dienone is 3. The number of hydrogen-bond acceptors (Lipinski definition) is 6. The number of dihydropyridines is 1. The predicted molar refractivity (Wildman–Crippen MR) is 155 cm³/mol. The minimum Gasteiger partial charge on any atom is -0.497 e. The third-order valence-corrected chi connectivity index (χ3v) is 7.92. The van der Waals surface area contributed by atoms with Gasteiger partial charge in [0.25, 0.3) is 5.91 Å². The topological polar surface area (TPSA) is 85.9 Å². The van der Waals surface area contributed by atoms with Crippen molar-refractivity contribution in [1.29, 1.82) is 0 Å². The van der Waals surface area contributed by atoms with E-state index in [-0.39, 0.29) is 34.3 Å². The molecule has 7 nitrogen and oxygen atoms in total. The Morgan fingerprint density at radius 1 is 0.976 bits per heavy atom. The van der Waals surface area contributed by atoms with Crippen LogP contribution in [0.1, 0.15) is 42.7 Å². The molecule has 1 heterocycles. The maximum Gasteiger partial charge on any atom is 0.254 e. The molecule has 0 unspecified atom stereocenters. The molecule has 41 heavy (non-hydrogen) atoms. The van der Waals surface area contributed by atoms with Crippen molar-refractivity contribution in [1.82, 2.24) is 5.32 Å². The Labute approximate surface area is 242 Å². The van der Waals surface area contributed by atoms with Crippen LogP contribution in [0, 0.1) is 5.82 Å². The maximum atomic E-state index is 15.5. The van der Waals surface area contributed by atoms with Crippen LogP contribution in [0.3, 0.4) is 0 Å². The van der Waals surface area contributed by atoms with E-state index in [0.29, 0.717) is 46.3 Å². The molecule has 0 aromatic heterocycles. The maximum absolute atomic E-state index is 15.5. The van der Waals surface area contributed by atoms with Crippen molar-refractivity contribution < 1.29 is 28.2 Å². The van der Waals surface area contributed by atoms with Crippen LogP contribution in [0.4, 0.5) is 10.1 Å². The molecule has 0 spiro atoms. The Bertz CT molecular complexity index is 1560. The van der Waals surface area contributed by atoms with Crippen LogP contribution in [-0.4, -0.2) is 33.0 Å². The second kappa shape index (κ2) is 11.7. The van der Waals surface area contributed by atoms with Crippen LogP contribution in [0.25, 0.3) is 0 Å². The highest BCUT2D eigenvalue weighted by molar-refractivity contribution is 6.31. The summed E-state index contributed by atoms with van der Waals surface area (Å²) in [6, 6.07) is 16.8. The van der Waals surface area contributed by atoms with Crippen LogP contribution < -0.4 is 24.8 Å². The fraction of sp³-hybridized carbons (Fsp3) is 0.250. The van der Waals surface area contributed by atoms with E-state index in [1.54, 1.807) is 58.6 Å². The van der Waals surface area contributed by atoms with Crippen molar-refractivity contribution in [3.05, 3.63) is 105 Å². The minimum atomic E-state index is -0.989. The lowest BCUT2D eigenvalue weighted by molar-refractivity contribution is -0.116. The molecule has 0 saturated carbocycles.